The summed E-state index contributed by atoms with van der Waals surface area (Å²) in [5.41, 5.74) is 4.83. The Balaban J connectivity index is 1.58. The zero-order valence-electron chi connectivity index (χ0n) is 21.9. The molecule has 2 aromatic rings. The second-order valence-electron chi connectivity index (χ2n) is 10.5. The Morgan fingerprint density at radius 1 is 1.11 bits per heavy atom. The molecular weight excluding hydrogens is 454 g/mol. The second-order valence-corrected chi connectivity index (χ2v) is 10.5. The summed E-state index contributed by atoms with van der Waals surface area (Å²) in [4.78, 5) is 14.4. The van der Waals surface area contributed by atoms with Crippen molar-refractivity contribution in [2.24, 2.45) is 5.92 Å². The van der Waals surface area contributed by atoms with Crippen LogP contribution in [0.5, 0.6) is 5.75 Å². The summed E-state index contributed by atoms with van der Waals surface area (Å²) in [5, 5.41) is 21.7. The van der Waals surface area contributed by atoms with Gasteiger partial charge in [-0.3, -0.25) is 0 Å². The van der Waals surface area contributed by atoms with Gasteiger partial charge >= 0.3 is 0 Å². The van der Waals surface area contributed by atoms with Gasteiger partial charge < -0.3 is 29.4 Å². The average Bonchev–Trinajstić information content (AvgIpc) is 2.91. The van der Waals surface area contributed by atoms with Crippen LogP contribution in [-0.2, 0) is 22.6 Å². The molecule has 3 atom stereocenters. The van der Waals surface area contributed by atoms with Crippen LogP contribution < -0.4 is 9.64 Å². The third-order valence-corrected chi connectivity index (χ3v) is 7.87. The van der Waals surface area contributed by atoms with E-state index in [1.165, 1.54) is 11.1 Å². The first-order valence-corrected chi connectivity index (χ1v) is 13.5. The zero-order valence-corrected chi connectivity index (χ0v) is 21.9. The Hall–Kier alpha value is -2.41. The van der Waals surface area contributed by atoms with Crippen LogP contribution in [-0.4, -0.2) is 48.6 Å². The molecule has 36 heavy (non-hydrogen) atoms. The number of anilines is 1. The fourth-order valence-electron chi connectivity index (χ4n) is 5.52. The van der Waals surface area contributed by atoms with E-state index in [1.807, 2.05) is 17.0 Å². The summed E-state index contributed by atoms with van der Waals surface area (Å²) in [6.07, 6.45) is 4.56. The third kappa shape index (κ3) is 5.77. The second kappa shape index (κ2) is 12.2. The predicted molar refractivity (Wildman–Crippen MR) is 142 cm³/mol. The zero-order chi connectivity index (χ0) is 25.7. The molecule has 2 aliphatic heterocycles. The van der Waals surface area contributed by atoms with E-state index in [4.69, 9.17) is 9.47 Å². The van der Waals surface area contributed by atoms with E-state index >= 15 is 0 Å². The largest absolute Gasteiger partial charge is 0.493 e. The molecule has 0 spiro atoms. The van der Waals surface area contributed by atoms with Crippen LogP contribution in [0, 0.1) is 5.92 Å². The molecule has 0 saturated carbocycles. The first kappa shape index (κ1) is 26.6. The van der Waals surface area contributed by atoms with Gasteiger partial charge in [-0.2, -0.15) is 0 Å². The summed E-state index contributed by atoms with van der Waals surface area (Å²) in [6, 6.07) is 12.1. The molecule has 1 saturated heterocycles. The Bertz CT molecular complexity index is 1020. The molecule has 2 aromatic carbocycles. The number of ether oxygens (including phenoxy) is 2. The predicted octanol–water partition coefficient (Wildman–Crippen LogP) is 4.94. The molecule has 2 aliphatic rings. The lowest BCUT2D eigenvalue weighted by Gasteiger charge is -2.43. The van der Waals surface area contributed by atoms with Gasteiger partial charge in [0, 0.05) is 30.5 Å². The highest BCUT2D eigenvalue weighted by Crippen LogP contribution is 2.38. The first-order chi connectivity index (χ1) is 17.5. The van der Waals surface area contributed by atoms with E-state index in [0.29, 0.717) is 35.3 Å². The summed E-state index contributed by atoms with van der Waals surface area (Å²) in [7, 11) is 0. The van der Waals surface area contributed by atoms with Gasteiger partial charge in [-0.05, 0) is 78.8 Å². The van der Waals surface area contributed by atoms with Gasteiger partial charge in [-0.15, -0.1) is 0 Å². The number of carbonyl (C=O) groups excluding carboxylic acids is 1. The average molecular weight is 496 g/mol. The minimum absolute atomic E-state index is 0.152. The molecule has 0 bridgehead atoms. The van der Waals surface area contributed by atoms with Crippen LogP contribution in [0.3, 0.4) is 0 Å². The van der Waals surface area contributed by atoms with Gasteiger partial charge in [0.15, 0.2) is 0 Å². The molecule has 4 rings (SSSR count). The highest BCUT2D eigenvalue weighted by Gasteiger charge is 2.35. The van der Waals surface area contributed by atoms with Crippen LogP contribution in [0.2, 0.25) is 0 Å². The van der Waals surface area contributed by atoms with Crippen molar-refractivity contribution in [3.05, 3.63) is 58.7 Å². The number of hydrogen-bond donors (Lipinski definition) is 2. The summed E-state index contributed by atoms with van der Waals surface area (Å²) in [6.45, 7) is 8.40. The maximum atomic E-state index is 12.4. The highest BCUT2D eigenvalue weighted by molar-refractivity contribution is 5.67. The van der Waals surface area contributed by atoms with Gasteiger partial charge in [-0.25, -0.2) is 0 Å². The van der Waals surface area contributed by atoms with E-state index < -0.39 is 12.1 Å². The van der Waals surface area contributed by atoms with Crippen molar-refractivity contribution in [2.75, 3.05) is 24.7 Å². The van der Waals surface area contributed by atoms with Crippen molar-refractivity contribution in [3.8, 4) is 5.75 Å². The molecule has 2 N–H and O–H groups in total. The number of aliphatic hydroxyl groups excluding tert-OH is 2. The lowest BCUT2D eigenvalue weighted by atomic mass is 9.88. The number of carbonyl (C=O) groups is 1. The van der Waals surface area contributed by atoms with Crippen LogP contribution in [0.1, 0.15) is 80.5 Å². The fraction of sp³-hybridized carbons (Fsp3) is 0.567. The van der Waals surface area contributed by atoms with E-state index in [9.17, 15) is 15.0 Å². The molecule has 0 aliphatic carbocycles. The third-order valence-electron chi connectivity index (χ3n) is 7.87. The SMILES string of the molecule is CCC1CCc2cc(C(C)C)ccc2N1[C@H](O)C(C=O)c1ccc(OCC2CCOCC2)c(CO)c1. The lowest BCUT2D eigenvalue weighted by Crippen LogP contribution is -2.49. The van der Waals surface area contributed by atoms with Crippen molar-refractivity contribution in [2.45, 2.75) is 83.6 Å². The van der Waals surface area contributed by atoms with Gasteiger partial charge in [0.1, 0.15) is 18.3 Å². The fourth-order valence-corrected chi connectivity index (χ4v) is 5.52. The standard InChI is InChI=1S/C30H41NO5/c1-4-26-8-5-24-15-22(20(2)3)6-9-28(24)31(26)30(34)27(18-33)23-7-10-29(25(16-23)17-32)36-19-21-11-13-35-14-12-21/h6-7,9-10,15-16,18,20-21,26-27,30,32,34H,4-5,8,11-14,17,19H2,1-3H3/t26?,27?,30-/m1/s1. The van der Waals surface area contributed by atoms with E-state index in [-0.39, 0.29) is 12.6 Å². The number of rotatable bonds is 10. The Kier molecular flexibility index (Phi) is 9.04. The van der Waals surface area contributed by atoms with E-state index in [0.717, 1.165) is 57.3 Å². The first-order valence-electron chi connectivity index (χ1n) is 13.5. The number of benzene rings is 2. The Morgan fingerprint density at radius 2 is 1.86 bits per heavy atom. The monoisotopic (exact) mass is 495 g/mol. The minimum Gasteiger partial charge on any atom is -0.493 e. The highest BCUT2D eigenvalue weighted by atomic mass is 16.5. The number of hydrogen-bond acceptors (Lipinski definition) is 6. The van der Waals surface area contributed by atoms with Crippen molar-refractivity contribution in [3.63, 3.8) is 0 Å². The number of aliphatic hydroxyl groups is 2. The van der Waals surface area contributed by atoms with Gasteiger partial charge in [0.2, 0.25) is 0 Å². The van der Waals surface area contributed by atoms with Crippen molar-refractivity contribution >= 4 is 12.0 Å². The number of nitrogens with zero attached hydrogens (tertiary/aromatic N) is 1. The van der Waals surface area contributed by atoms with Crippen molar-refractivity contribution in [1.82, 2.24) is 0 Å². The van der Waals surface area contributed by atoms with Gasteiger partial charge in [0.25, 0.3) is 0 Å². The molecular formula is C30H41NO5. The lowest BCUT2D eigenvalue weighted by molar-refractivity contribution is -0.111. The molecule has 6 nitrogen and oxygen atoms in total. The minimum atomic E-state index is -1.00. The maximum absolute atomic E-state index is 12.4. The molecule has 2 unspecified atom stereocenters. The topological polar surface area (TPSA) is 79.2 Å². The maximum Gasteiger partial charge on any atom is 0.140 e. The van der Waals surface area contributed by atoms with Crippen LogP contribution in [0.15, 0.2) is 36.4 Å². The molecule has 6 heteroatoms. The van der Waals surface area contributed by atoms with Gasteiger partial charge in [0.05, 0.1) is 19.1 Å². The molecule has 1 fully saturated rings. The van der Waals surface area contributed by atoms with E-state index in [1.54, 1.807) is 6.07 Å². The summed E-state index contributed by atoms with van der Waals surface area (Å²) in [5.74, 6) is 0.757. The van der Waals surface area contributed by atoms with Crippen LogP contribution in [0.4, 0.5) is 5.69 Å². The van der Waals surface area contributed by atoms with Crippen molar-refractivity contribution < 1.29 is 24.5 Å². The summed E-state index contributed by atoms with van der Waals surface area (Å²) >= 11 is 0. The molecule has 0 aromatic heterocycles. The van der Waals surface area contributed by atoms with Crippen molar-refractivity contribution in [1.29, 1.82) is 0 Å². The number of aryl methyl sites for hydroxylation is 1. The number of fused-ring (bicyclic) bond motifs is 1. The molecule has 2 heterocycles. The normalized spacial score (nSPS) is 20.2. The Morgan fingerprint density at radius 3 is 2.53 bits per heavy atom. The molecule has 0 amide bonds. The smallest absolute Gasteiger partial charge is 0.140 e. The van der Waals surface area contributed by atoms with Gasteiger partial charge in [-0.1, -0.05) is 39.0 Å². The number of aldehydes is 1. The van der Waals surface area contributed by atoms with E-state index in [2.05, 4.69) is 39.0 Å². The van der Waals surface area contributed by atoms with Crippen LogP contribution in [0.25, 0.3) is 0 Å². The van der Waals surface area contributed by atoms with Crippen LogP contribution >= 0.6 is 0 Å². The molecule has 196 valence electrons. The Labute approximate surface area is 215 Å². The summed E-state index contributed by atoms with van der Waals surface area (Å²) < 4.78 is 11.5. The quantitative estimate of drug-likeness (QED) is 0.455. The molecule has 0 radical (unpaired) electrons.